The Bertz CT molecular complexity index is 1200. The Kier molecular flexibility index (Phi) is 17.3. The monoisotopic (exact) mass is 629 g/mol. The minimum atomic E-state index is 0. The highest BCUT2D eigenvalue weighted by atomic mass is 14.2. The quantitative estimate of drug-likeness (QED) is 0.255. The van der Waals surface area contributed by atoms with Crippen molar-refractivity contribution in [3.63, 3.8) is 0 Å². The Labute approximate surface area is 289 Å². The van der Waals surface area contributed by atoms with Crippen molar-refractivity contribution in [1.29, 1.82) is 0 Å². The third kappa shape index (κ3) is 10.3. The van der Waals surface area contributed by atoms with Gasteiger partial charge in [-0.15, -0.1) is 0 Å². The third-order valence-corrected chi connectivity index (χ3v) is 11.3. The van der Waals surface area contributed by atoms with Crippen LogP contribution in [0, 0.1) is 122 Å². The fourth-order valence-corrected chi connectivity index (χ4v) is 6.88. The summed E-state index contributed by atoms with van der Waals surface area (Å²) in [7, 11) is 0. The van der Waals surface area contributed by atoms with Gasteiger partial charge < -0.3 is 0 Å². The lowest BCUT2D eigenvalue weighted by atomic mass is 9.86. The Balaban J connectivity index is 0.000000653. The third-order valence-electron chi connectivity index (χ3n) is 11.3. The molecule has 0 aliphatic rings. The lowest BCUT2D eigenvalue weighted by molar-refractivity contribution is 0.641. The molecular weight excluding hydrogens is 553 g/mol. The van der Waals surface area contributed by atoms with Crippen LogP contribution in [-0.2, 0) is 19.3 Å². The van der Waals surface area contributed by atoms with Crippen LogP contribution < -0.4 is 0 Å². The smallest absolute Gasteiger partial charge is 0.0250 e. The summed E-state index contributed by atoms with van der Waals surface area (Å²) >= 11 is 0. The summed E-state index contributed by atoms with van der Waals surface area (Å²) in [6.45, 7) is 47.6. The maximum atomic E-state index is 2.30. The van der Waals surface area contributed by atoms with Crippen molar-refractivity contribution in [2.45, 2.75) is 172 Å². The first kappa shape index (κ1) is 43.7. The van der Waals surface area contributed by atoms with Crippen LogP contribution in [-0.4, -0.2) is 0 Å². The second-order valence-corrected chi connectivity index (χ2v) is 15.6. The molecule has 46 heavy (non-hydrogen) atoms. The zero-order valence-electron chi connectivity index (χ0n) is 33.9. The molecule has 0 fully saturated rings. The van der Waals surface area contributed by atoms with Crippen LogP contribution in [0.3, 0.4) is 0 Å². The molecule has 260 valence electrons. The van der Waals surface area contributed by atoms with E-state index in [1.165, 1.54) is 103 Å². The highest BCUT2D eigenvalue weighted by molar-refractivity contribution is 5.51. The fraction of sp³-hybridized carbons (Fsp3) is 0.609. The van der Waals surface area contributed by atoms with Crippen molar-refractivity contribution in [2.75, 3.05) is 0 Å². The summed E-state index contributed by atoms with van der Waals surface area (Å²) in [5, 5.41) is 0. The SMILES string of the molecule is C.Cc1c(C)c(C)c(CC(C)C)c(C)c1C.Cc1c(C)c(C)c(CC(C)C)c(C)c1C.Cc1c(C)c(C)c(CC(C)C)c(C)c1C. The molecule has 0 saturated heterocycles. The van der Waals surface area contributed by atoms with Gasteiger partial charge in [0.05, 0.1) is 0 Å². The molecule has 0 N–H and O–H groups in total. The van der Waals surface area contributed by atoms with Gasteiger partial charge in [0.25, 0.3) is 0 Å². The van der Waals surface area contributed by atoms with E-state index in [0.717, 1.165) is 17.8 Å². The lowest BCUT2D eigenvalue weighted by Crippen LogP contribution is -2.05. The molecule has 0 aromatic heterocycles. The standard InChI is InChI=1S/3C15H24.CH4/c3*1-9(2)8-15-13(6)11(4)10(3)12(5)14(15)7;/h3*9H,8H2,1-7H3;1H4. The first-order valence-electron chi connectivity index (χ1n) is 17.7. The van der Waals surface area contributed by atoms with Crippen LogP contribution in [0.2, 0.25) is 0 Å². The highest BCUT2D eigenvalue weighted by Gasteiger charge is 2.15. The van der Waals surface area contributed by atoms with Gasteiger partial charge in [0, 0.05) is 0 Å². The summed E-state index contributed by atoms with van der Waals surface area (Å²) in [4.78, 5) is 0. The molecule has 0 unspecified atom stereocenters. The molecule has 0 amide bonds. The Hall–Kier alpha value is -2.34. The van der Waals surface area contributed by atoms with Crippen LogP contribution in [0.25, 0.3) is 0 Å². The van der Waals surface area contributed by atoms with Gasteiger partial charge >= 0.3 is 0 Å². The molecule has 0 bridgehead atoms. The summed E-state index contributed by atoms with van der Waals surface area (Å²) < 4.78 is 0. The van der Waals surface area contributed by atoms with Gasteiger partial charge in [-0.2, -0.15) is 0 Å². The second kappa shape index (κ2) is 18.3. The van der Waals surface area contributed by atoms with Crippen molar-refractivity contribution in [3.8, 4) is 0 Å². The molecule has 0 nitrogen and oxygen atoms in total. The van der Waals surface area contributed by atoms with E-state index in [1.54, 1.807) is 16.7 Å². The van der Waals surface area contributed by atoms with E-state index in [9.17, 15) is 0 Å². The molecule has 3 rings (SSSR count). The molecule has 0 saturated carbocycles. The molecular formula is C46H76. The van der Waals surface area contributed by atoms with E-state index in [2.05, 4.69) is 145 Å². The van der Waals surface area contributed by atoms with E-state index in [4.69, 9.17) is 0 Å². The van der Waals surface area contributed by atoms with Crippen LogP contribution in [0.1, 0.15) is 149 Å². The summed E-state index contributed by atoms with van der Waals surface area (Å²) in [6.07, 6.45) is 3.62. The average Bonchev–Trinajstić information content (AvgIpc) is 2.98. The predicted molar refractivity (Wildman–Crippen MR) is 213 cm³/mol. The van der Waals surface area contributed by atoms with E-state index < -0.39 is 0 Å². The number of rotatable bonds is 6. The molecule has 0 heteroatoms. The van der Waals surface area contributed by atoms with Crippen molar-refractivity contribution in [2.24, 2.45) is 17.8 Å². The summed E-state index contributed by atoms with van der Waals surface area (Å²) in [5.74, 6) is 2.22. The van der Waals surface area contributed by atoms with Gasteiger partial charge in [0.1, 0.15) is 0 Å². The fourth-order valence-electron chi connectivity index (χ4n) is 6.88. The molecule has 3 aromatic rings. The van der Waals surface area contributed by atoms with Gasteiger partial charge in [-0.1, -0.05) is 49.0 Å². The van der Waals surface area contributed by atoms with Crippen LogP contribution in [0.5, 0.6) is 0 Å². The van der Waals surface area contributed by atoms with E-state index in [-0.39, 0.29) is 7.43 Å². The normalized spacial score (nSPS) is 11.0. The number of benzene rings is 3. The topological polar surface area (TPSA) is 0 Å². The van der Waals surface area contributed by atoms with E-state index in [0.29, 0.717) is 0 Å². The zero-order chi connectivity index (χ0) is 35.2. The minimum absolute atomic E-state index is 0. The zero-order valence-corrected chi connectivity index (χ0v) is 33.9. The predicted octanol–water partition coefficient (Wildman–Crippen LogP) is 13.9. The largest absolute Gasteiger partial charge is 0.0776 e. The van der Waals surface area contributed by atoms with E-state index >= 15 is 0 Å². The van der Waals surface area contributed by atoms with Crippen LogP contribution in [0.4, 0.5) is 0 Å². The van der Waals surface area contributed by atoms with Crippen molar-refractivity contribution < 1.29 is 0 Å². The maximum Gasteiger partial charge on any atom is -0.0250 e. The number of hydrogen-bond donors (Lipinski definition) is 0. The minimum Gasteiger partial charge on any atom is -0.0776 e. The summed E-state index contributed by atoms with van der Waals surface area (Å²) in [6, 6.07) is 0. The molecule has 0 atom stereocenters. The first-order chi connectivity index (χ1) is 20.6. The molecule has 0 aliphatic carbocycles. The van der Waals surface area contributed by atoms with E-state index in [1.807, 2.05) is 0 Å². The van der Waals surface area contributed by atoms with Crippen molar-refractivity contribution >= 4 is 0 Å². The molecule has 3 aromatic carbocycles. The van der Waals surface area contributed by atoms with Gasteiger partial charge in [0.2, 0.25) is 0 Å². The summed E-state index contributed by atoms with van der Waals surface area (Å²) in [5.41, 5.74) is 27.0. The van der Waals surface area contributed by atoms with Gasteiger partial charge in [-0.25, -0.2) is 0 Å². The molecule has 0 radical (unpaired) electrons. The van der Waals surface area contributed by atoms with Crippen LogP contribution >= 0.6 is 0 Å². The molecule has 0 aliphatic heterocycles. The van der Waals surface area contributed by atoms with Gasteiger partial charge in [0.15, 0.2) is 0 Å². The van der Waals surface area contributed by atoms with Crippen molar-refractivity contribution in [3.05, 3.63) is 100 Å². The Morgan fingerprint density at radius 3 is 0.457 bits per heavy atom. The highest BCUT2D eigenvalue weighted by Crippen LogP contribution is 2.30. The number of hydrogen-bond acceptors (Lipinski definition) is 0. The van der Waals surface area contributed by atoms with Gasteiger partial charge in [-0.05, 0) is 241 Å². The lowest BCUT2D eigenvalue weighted by Gasteiger charge is -2.19. The van der Waals surface area contributed by atoms with Crippen LogP contribution in [0.15, 0.2) is 0 Å². The second-order valence-electron chi connectivity index (χ2n) is 15.6. The Morgan fingerprint density at radius 1 is 0.239 bits per heavy atom. The molecule has 0 heterocycles. The van der Waals surface area contributed by atoms with Gasteiger partial charge in [-0.3, -0.25) is 0 Å². The average molecular weight is 629 g/mol. The Morgan fingerprint density at radius 2 is 0.348 bits per heavy atom. The first-order valence-corrected chi connectivity index (χ1v) is 17.7. The van der Waals surface area contributed by atoms with Crippen molar-refractivity contribution in [1.82, 2.24) is 0 Å². The molecule has 0 spiro atoms. The maximum absolute atomic E-state index is 2.30.